The van der Waals surface area contributed by atoms with Crippen molar-refractivity contribution < 1.29 is 14.6 Å². The summed E-state index contributed by atoms with van der Waals surface area (Å²) in [6.07, 6.45) is 3.96. The van der Waals surface area contributed by atoms with Gasteiger partial charge < -0.3 is 15.2 Å². The van der Waals surface area contributed by atoms with Crippen molar-refractivity contribution in [2.75, 3.05) is 20.2 Å². The number of carbonyl (C=O) groups excluding carboxylic acids is 1. The van der Waals surface area contributed by atoms with E-state index in [0.29, 0.717) is 18.5 Å². The van der Waals surface area contributed by atoms with E-state index in [1.54, 1.807) is 25.3 Å². The molecule has 8 heteroatoms. The summed E-state index contributed by atoms with van der Waals surface area (Å²) in [6.45, 7) is 3.02. The molecule has 0 radical (unpaired) electrons. The van der Waals surface area contributed by atoms with Crippen LogP contribution < -0.4 is 10.1 Å². The molecule has 2 bridgehead atoms. The number of phenols is 1. The Labute approximate surface area is 193 Å². The van der Waals surface area contributed by atoms with Crippen molar-refractivity contribution in [3.8, 4) is 22.8 Å². The fourth-order valence-electron chi connectivity index (χ4n) is 5.19. The lowest BCUT2D eigenvalue weighted by Gasteiger charge is -2.49. The van der Waals surface area contributed by atoms with Crippen LogP contribution >= 0.6 is 0 Å². The lowest BCUT2D eigenvalue weighted by molar-refractivity contribution is -0.133. The van der Waals surface area contributed by atoms with Gasteiger partial charge >= 0.3 is 0 Å². The van der Waals surface area contributed by atoms with E-state index in [1.165, 1.54) is 0 Å². The van der Waals surface area contributed by atoms with Crippen molar-refractivity contribution in [1.82, 2.24) is 25.2 Å². The van der Waals surface area contributed by atoms with Gasteiger partial charge in [0.05, 0.1) is 25.8 Å². The van der Waals surface area contributed by atoms with Crippen LogP contribution in [0.4, 0.5) is 0 Å². The molecule has 0 spiro atoms. The smallest absolute Gasteiger partial charge is 0.224 e. The van der Waals surface area contributed by atoms with Crippen LogP contribution in [0.15, 0.2) is 54.7 Å². The van der Waals surface area contributed by atoms with Gasteiger partial charge in [-0.1, -0.05) is 35.5 Å². The summed E-state index contributed by atoms with van der Waals surface area (Å²) in [5.41, 5.74) is 2.58. The molecule has 8 nitrogen and oxygen atoms in total. The molecular weight excluding hydrogens is 418 g/mol. The van der Waals surface area contributed by atoms with Crippen LogP contribution in [0.5, 0.6) is 11.5 Å². The van der Waals surface area contributed by atoms with Crippen LogP contribution in [0.2, 0.25) is 0 Å². The number of nitrogens with zero attached hydrogens (tertiary/aromatic N) is 4. The number of hydrogen-bond donors (Lipinski definition) is 2. The van der Waals surface area contributed by atoms with Crippen LogP contribution in [0.1, 0.15) is 18.4 Å². The molecule has 172 valence electrons. The number of aromatic nitrogens is 3. The minimum absolute atomic E-state index is 0.0170. The number of benzene rings is 2. The standard InChI is InChI=1S/C25H29N5O3/c1-33-24-8-3-2-5-19(24)13-26-25(32)22-15-29-10-9-17(22)11-20(29)14-30-16-23(27-28-30)18-6-4-7-21(31)12-18/h2-8,12,16-17,20,22,31H,9-11,13-15H2,1H3,(H,26,32)/t17-,20-,22+/m1/s1. The molecule has 2 aromatic carbocycles. The maximum Gasteiger partial charge on any atom is 0.224 e. The van der Waals surface area contributed by atoms with E-state index in [-0.39, 0.29) is 17.6 Å². The normalized spacial score (nSPS) is 23.9. The first kappa shape index (κ1) is 21.5. The van der Waals surface area contributed by atoms with Gasteiger partial charge in [-0.05, 0) is 43.5 Å². The average molecular weight is 448 g/mol. The number of ether oxygens (including phenoxy) is 1. The quantitative estimate of drug-likeness (QED) is 0.579. The average Bonchev–Trinajstić information content (AvgIpc) is 3.31. The molecule has 4 atom stereocenters. The van der Waals surface area contributed by atoms with Gasteiger partial charge in [0.15, 0.2) is 0 Å². The third-order valence-corrected chi connectivity index (χ3v) is 6.94. The molecule has 1 aromatic heterocycles. The topological polar surface area (TPSA) is 92.5 Å². The van der Waals surface area contributed by atoms with E-state index in [2.05, 4.69) is 20.5 Å². The number of fused-ring (bicyclic) bond motifs is 3. The van der Waals surface area contributed by atoms with Crippen LogP contribution in [-0.4, -0.2) is 57.1 Å². The molecule has 3 aromatic rings. The first-order chi connectivity index (χ1) is 16.1. The van der Waals surface area contributed by atoms with E-state index < -0.39 is 0 Å². The molecular formula is C25H29N5O3. The van der Waals surface area contributed by atoms with E-state index in [1.807, 2.05) is 41.2 Å². The number of nitrogens with one attached hydrogen (secondary N) is 1. The van der Waals surface area contributed by atoms with E-state index in [9.17, 15) is 9.90 Å². The van der Waals surface area contributed by atoms with Gasteiger partial charge in [-0.2, -0.15) is 0 Å². The molecule has 3 fully saturated rings. The number of para-hydroxylation sites is 1. The van der Waals surface area contributed by atoms with E-state index >= 15 is 0 Å². The second-order valence-corrected chi connectivity index (χ2v) is 8.95. The SMILES string of the molecule is COc1ccccc1CNC(=O)[C@H]1CN2CC[C@@H]1C[C@@H]2Cn1cc(-c2cccc(O)c2)nn1. The summed E-state index contributed by atoms with van der Waals surface area (Å²) in [6, 6.07) is 15.2. The number of phenolic OH excluding ortho intramolecular Hbond substituents is 1. The zero-order valence-electron chi connectivity index (χ0n) is 18.7. The minimum Gasteiger partial charge on any atom is -0.508 e. The highest BCUT2D eigenvalue weighted by Gasteiger charge is 2.43. The van der Waals surface area contributed by atoms with E-state index in [0.717, 1.165) is 55.0 Å². The number of methoxy groups -OCH3 is 1. The zero-order chi connectivity index (χ0) is 22.8. The van der Waals surface area contributed by atoms with E-state index in [4.69, 9.17) is 4.74 Å². The van der Waals surface area contributed by atoms with Gasteiger partial charge in [-0.15, -0.1) is 5.10 Å². The highest BCUT2D eigenvalue weighted by molar-refractivity contribution is 5.79. The Morgan fingerprint density at radius 1 is 1.24 bits per heavy atom. The summed E-state index contributed by atoms with van der Waals surface area (Å²) in [7, 11) is 1.65. The lowest BCUT2D eigenvalue weighted by atomic mass is 9.75. The van der Waals surface area contributed by atoms with Crippen molar-refractivity contribution >= 4 is 5.91 Å². The molecule has 1 unspecified atom stereocenters. The van der Waals surface area contributed by atoms with Crippen molar-refractivity contribution in [2.45, 2.75) is 32.0 Å². The van der Waals surface area contributed by atoms with Crippen LogP contribution in [-0.2, 0) is 17.9 Å². The molecule has 3 aliphatic heterocycles. The number of aromatic hydroxyl groups is 1. The highest BCUT2D eigenvalue weighted by atomic mass is 16.5. The number of piperidine rings is 3. The fraction of sp³-hybridized carbons (Fsp3) is 0.400. The third-order valence-electron chi connectivity index (χ3n) is 6.94. The molecule has 4 heterocycles. The largest absolute Gasteiger partial charge is 0.508 e. The van der Waals surface area contributed by atoms with Crippen LogP contribution in [0.25, 0.3) is 11.3 Å². The summed E-state index contributed by atoms with van der Waals surface area (Å²) >= 11 is 0. The summed E-state index contributed by atoms with van der Waals surface area (Å²) in [4.78, 5) is 15.4. The molecule has 0 saturated carbocycles. The maximum atomic E-state index is 13.0. The van der Waals surface area contributed by atoms with Gasteiger partial charge in [0.2, 0.25) is 5.91 Å². The van der Waals surface area contributed by atoms with Crippen LogP contribution in [0.3, 0.4) is 0 Å². The van der Waals surface area contributed by atoms with Crippen LogP contribution in [0, 0.1) is 11.8 Å². The number of carbonyl (C=O) groups is 1. The third kappa shape index (κ3) is 4.57. The molecule has 1 amide bonds. The molecule has 33 heavy (non-hydrogen) atoms. The maximum absolute atomic E-state index is 13.0. The summed E-state index contributed by atoms with van der Waals surface area (Å²) in [5.74, 6) is 1.54. The predicted octanol–water partition coefficient (Wildman–Crippen LogP) is 2.69. The van der Waals surface area contributed by atoms with Crippen molar-refractivity contribution in [3.05, 3.63) is 60.3 Å². The summed E-state index contributed by atoms with van der Waals surface area (Å²) < 4.78 is 7.27. The monoisotopic (exact) mass is 447 g/mol. The fourth-order valence-corrected chi connectivity index (χ4v) is 5.19. The Hall–Kier alpha value is -3.39. The first-order valence-corrected chi connectivity index (χ1v) is 11.4. The van der Waals surface area contributed by atoms with Gasteiger partial charge in [-0.25, -0.2) is 0 Å². The number of rotatable bonds is 7. The number of amides is 1. The molecule has 6 rings (SSSR count). The van der Waals surface area contributed by atoms with Crippen molar-refractivity contribution in [1.29, 1.82) is 0 Å². The molecule has 3 saturated heterocycles. The molecule has 2 N–H and O–H groups in total. The Balaban J connectivity index is 1.19. The predicted molar refractivity (Wildman–Crippen MR) is 124 cm³/mol. The Bertz CT molecular complexity index is 1130. The molecule has 3 aliphatic rings. The minimum atomic E-state index is 0.0170. The Morgan fingerprint density at radius 2 is 2.12 bits per heavy atom. The highest BCUT2D eigenvalue weighted by Crippen LogP contribution is 2.37. The van der Waals surface area contributed by atoms with Gasteiger partial charge in [-0.3, -0.25) is 14.4 Å². The van der Waals surface area contributed by atoms with Crippen molar-refractivity contribution in [3.63, 3.8) is 0 Å². The first-order valence-electron chi connectivity index (χ1n) is 11.4. The lowest BCUT2D eigenvalue weighted by Crippen LogP contribution is -2.58. The van der Waals surface area contributed by atoms with Gasteiger partial charge in [0, 0.05) is 30.3 Å². The van der Waals surface area contributed by atoms with Gasteiger partial charge in [0.1, 0.15) is 17.2 Å². The molecule has 0 aliphatic carbocycles. The van der Waals surface area contributed by atoms with Crippen molar-refractivity contribution in [2.24, 2.45) is 11.8 Å². The Kier molecular flexibility index (Phi) is 6.00. The van der Waals surface area contributed by atoms with Gasteiger partial charge in [0.25, 0.3) is 0 Å². The second-order valence-electron chi connectivity index (χ2n) is 8.95. The number of hydrogen-bond acceptors (Lipinski definition) is 6. The Morgan fingerprint density at radius 3 is 2.91 bits per heavy atom. The second kappa shape index (κ2) is 9.23. The zero-order valence-corrected chi connectivity index (χ0v) is 18.7. The summed E-state index contributed by atoms with van der Waals surface area (Å²) in [5, 5.41) is 21.4.